The lowest BCUT2D eigenvalue weighted by molar-refractivity contribution is 0.0893. The van der Waals surface area contributed by atoms with Crippen molar-refractivity contribution in [2.24, 2.45) is 0 Å². The van der Waals surface area contributed by atoms with E-state index in [9.17, 15) is 4.79 Å². The number of amides is 1. The van der Waals surface area contributed by atoms with Gasteiger partial charge in [-0.3, -0.25) is 0 Å². The standard InChI is InChI=1S/C20H23NO3/c1-2-9-19(16-23-14-17-10-5-3-6-11-17)21-20(22)24-15-18-12-7-4-8-13-18/h2-8,10-13,19H,1,9,14-16H2,(H,21,22). The summed E-state index contributed by atoms with van der Waals surface area (Å²) in [6.45, 7) is 4.88. The molecular formula is C20H23NO3. The minimum atomic E-state index is -0.450. The van der Waals surface area contributed by atoms with Gasteiger partial charge >= 0.3 is 6.09 Å². The molecule has 0 fully saturated rings. The van der Waals surface area contributed by atoms with E-state index >= 15 is 0 Å². The van der Waals surface area contributed by atoms with Crippen molar-refractivity contribution in [3.8, 4) is 0 Å². The molecule has 0 aliphatic carbocycles. The van der Waals surface area contributed by atoms with Gasteiger partial charge in [0.2, 0.25) is 0 Å². The van der Waals surface area contributed by atoms with E-state index in [-0.39, 0.29) is 12.6 Å². The van der Waals surface area contributed by atoms with Gasteiger partial charge in [-0.15, -0.1) is 6.58 Å². The van der Waals surface area contributed by atoms with Crippen molar-refractivity contribution in [3.63, 3.8) is 0 Å². The molecule has 1 amide bonds. The summed E-state index contributed by atoms with van der Waals surface area (Å²) in [5, 5.41) is 2.82. The highest BCUT2D eigenvalue weighted by molar-refractivity contribution is 5.67. The van der Waals surface area contributed by atoms with Crippen LogP contribution in [-0.4, -0.2) is 18.7 Å². The SMILES string of the molecule is C=CCC(COCc1ccccc1)NC(=O)OCc1ccccc1. The maximum absolute atomic E-state index is 11.9. The van der Waals surface area contributed by atoms with Gasteiger partial charge < -0.3 is 14.8 Å². The highest BCUT2D eigenvalue weighted by atomic mass is 16.5. The smallest absolute Gasteiger partial charge is 0.407 e. The summed E-state index contributed by atoms with van der Waals surface area (Å²) in [4.78, 5) is 11.9. The lowest BCUT2D eigenvalue weighted by Crippen LogP contribution is -2.38. The molecule has 0 aliphatic rings. The molecule has 4 nitrogen and oxygen atoms in total. The molecule has 1 atom stereocenters. The normalized spacial score (nSPS) is 11.5. The van der Waals surface area contributed by atoms with Crippen LogP contribution >= 0.6 is 0 Å². The van der Waals surface area contributed by atoms with Crippen molar-refractivity contribution in [1.29, 1.82) is 0 Å². The number of alkyl carbamates (subject to hydrolysis) is 1. The summed E-state index contributed by atoms with van der Waals surface area (Å²) < 4.78 is 10.9. The van der Waals surface area contributed by atoms with Crippen LogP contribution in [0.5, 0.6) is 0 Å². The topological polar surface area (TPSA) is 47.6 Å². The van der Waals surface area contributed by atoms with Gasteiger partial charge in [0.15, 0.2) is 0 Å². The molecule has 2 rings (SSSR count). The van der Waals surface area contributed by atoms with Gasteiger partial charge in [0.1, 0.15) is 6.61 Å². The molecule has 2 aromatic rings. The third-order valence-corrected chi connectivity index (χ3v) is 3.42. The molecule has 24 heavy (non-hydrogen) atoms. The molecular weight excluding hydrogens is 302 g/mol. The molecule has 1 N–H and O–H groups in total. The van der Waals surface area contributed by atoms with Crippen LogP contribution in [0.25, 0.3) is 0 Å². The van der Waals surface area contributed by atoms with Crippen LogP contribution in [0.15, 0.2) is 73.3 Å². The van der Waals surface area contributed by atoms with E-state index < -0.39 is 6.09 Å². The fourth-order valence-electron chi connectivity index (χ4n) is 2.19. The zero-order valence-corrected chi connectivity index (χ0v) is 13.7. The third kappa shape index (κ3) is 6.67. The van der Waals surface area contributed by atoms with E-state index in [0.29, 0.717) is 19.6 Å². The summed E-state index contributed by atoms with van der Waals surface area (Å²) in [6, 6.07) is 19.3. The molecule has 2 aromatic carbocycles. The molecule has 0 radical (unpaired) electrons. The van der Waals surface area contributed by atoms with E-state index in [1.165, 1.54) is 0 Å². The second kappa shape index (κ2) is 10.2. The fourth-order valence-corrected chi connectivity index (χ4v) is 2.19. The summed E-state index contributed by atoms with van der Waals surface area (Å²) in [5.41, 5.74) is 2.05. The van der Waals surface area contributed by atoms with Gasteiger partial charge in [-0.05, 0) is 17.5 Å². The molecule has 0 saturated heterocycles. The van der Waals surface area contributed by atoms with Gasteiger partial charge in [-0.25, -0.2) is 4.79 Å². The number of nitrogens with one attached hydrogen (secondary N) is 1. The van der Waals surface area contributed by atoms with Crippen molar-refractivity contribution >= 4 is 6.09 Å². The largest absolute Gasteiger partial charge is 0.445 e. The summed E-state index contributed by atoms with van der Waals surface area (Å²) in [5.74, 6) is 0. The highest BCUT2D eigenvalue weighted by Gasteiger charge is 2.12. The number of hydrogen-bond acceptors (Lipinski definition) is 3. The average molecular weight is 325 g/mol. The number of rotatable bonds is 9. The second-order valence-electron chi connectivity index (χ2n) is 5.43. The molecule has 1 unspecified atom stereocenters. The Morgan fingerprint density at radius 3 is 2.17 bits per heavy atom. The third-order valence-electron chi connectivity index (χ3n) is 3.42. The van der Waals surface area contributed by atoms with Crippen LogP contribution in [0.3, 0.4) is 0 Å². The van der Waals surface area contributed by atoms with Gasteiger partial charge in [0.25, 0.3) is 0 Å². The van der Waals surface area contributed by atoms with Crippen molar-refractivity contribution in [2.75, 3.05) is 6.61 Å². The first-order valence-corrected chi connectivity index (χ1v) is 7.97. The lowest BCUT2D eigenvalue weighted by Gasteiger charge is -2.17. The molecule has 0 heterocycles. The predicted octanol–water partition coefficient (Wildman–Crippen LogP) is 4.07. The van der Waals surface area contributed by atoms with E-state index in [1.807, 2.05) is 60.7 Å². The first-order valence-electron chi connectivity index (χ1n) is 7.97. The number of benzene rings is 2. The fraction of sp³-hybridized carbons (Fsp3) is 0.250. The Labute approximate surface area is 143 Å². The molecule has 0 spiro atoms. The van der Waals surface area contributed by atoms with Crippen molar-refractivity contribution < 1.29 is 14.3 Å². The van der Waals surface area contributed by atoms with Gasteiger partial charge in [0, 0.05) is 0 Å². The molecule has 0 aliphatic heterocycles. The summed E-state index contributed by atoms with van der Waals surface area (Å²) >= 11 is 0. The Morgan fingerprint density at radius 1 is 1.00 bits per heavy atom. The van der Waals surface area contributed by atoms with Crippen molar-refractivity contribution in [2.45, 2.75) is 25.7 Å². The zero-order valence-electron chi connectivity index (χ0n) is 13.7. The Balaban J connectivity index is 1.73. The van der Waals surface area contributed by atoms with E-state index in [2.05, 4.69) is 11.9 Å². The minimum Gasteiger partial charge on any atom is -0.445 e. The van der Waals surface area contributed by atoms with Crippen LogP contribution in [0.1, 0.15) is 17.5 Å². The Kier molecular flexibility index (Phi) is 7.57. The maximum atomic E-state index is 11.9. The van der Waals surface area contributed by atoms with Gasteiger partial charge in [0.05, 0.1) is 19.3 Å². The van der Waals surface area contributed by atoms with Gasteiger partial charge in [-0.1, -0.05) is 66.7 Å². The summed E-state index contributed by atoms with van der Waals surface area (Å²) in [6.07, 6.45) is 1.93. The van der Waals surface area contributed by atoms with Crippen LogP contribution < -0.4 is 5.32 Å². The zero-order chi connectivity index (χ0) is 17.0. The Bertz CT molecular complexity index is 613. The first-order chi connectivity index (χ1) is 11.8. The quantitative estimate of drug-likeness (QED) is 0.707. The molecule has 126 valence electrons. The molecule has 0 aromatic heterocycles. The van der Waals surface area contributed by atoms with Crippen LogP contribution in [0.2, 0.25) is 0 Å². The van der Waals surface area contributed by atoms with Crippen molar-refractivity contribution in [1.82, 2.24) is 5.32 Å². The number of carbonyl (C=O) groups excluding carboxylic acids is 1. The van der Waals surface area contributed by atoms with E-state index in [4.69, 9.17) is 9.47 Å². The number of hydrogen-bond donors (Lipinski definition) is 1. The first kappa shape index (κ1) is 17.8. The number of ether oxygens (including phenoxy) is 2. The monoisotopic (exact) mass is 325 g/mol. The average Bonchev–Trinajstić information content (AvgIpc) is 2.62. The maximum Gasteiger partial charge on any atom is 0.407 e. The summed E-state index contributed by atoms with van der Waals surface area (Å²) in [7, 11) is 0. The lowest BCUT2D eigenvalue weighted by atomic mass is 10.2. The van der Waals surface area contributed by atoms with E-state index in [1.54, 1.807) is 6.08 Å². The molecule has 0 saturated carbocycles. The predicted molar refractivity (Wildman–Crippen MR) is 94.5 cm³/mol. The van der Waals surface area contributed by atoms with Crippen LogP contribution in [-0.2, 0) is 22.7 Å². The molecule has 0 bridgehead atoms. The van der Waals surface area contributed by atoms with Crippen LogP contribution in [0.4, 0.5) is 4.79 Å². The second-order valence-corrected chi connectivity index (χ2v) is 5.43. The minimum absolute atomic E-state index is 0.158. The van der Waals surface area contributed by atoms with E-state index in [0.717, 1.165) is 11.1 Å². The Morgan fingerprint density at radius 2 is 1.58 bits per heavy atom. The molecule has 4 heteroatoms. The van der Waals surface area contributed by atoms with Gasteiger partial charge in [-0.2, -0.15) is 0 Å². The van der Waals surface area contributed by atoms with Crippen LogP contribution in [0, 0.1) is 0 Å². The number of carbonyl (C=O) groups is 1. The highest BCUT2D eigenvalue weighted by Crippen LogP contribution is 2.04. The Hall–Kier alpha value is -2.59. The van der Waals surface area contributed by atoms with Crippen molar-refractivity contribution in [3.05, 3.63) is 84.4 Å².